The second-order valence-corrected chi connectivity index (χ2v) is 5.74. The molecular weight excluding hydrogens is 348 g/mol. The molecule has 0 radical (unpaired) electrons. The van der Waals surface area contributed by atoms with E-state index in [1.807, 2.05) is 6.07 Å². The van der Waals surface area contributed by atoms with Gasteiger partial charge < -0.3 is 10.5 Å². The Kier molecular flexibility index (Phi) is 4.81. The first-order chi connectivity index (χ1) is 12.0. The molecule has 2 heterocycles. The summed E-state index contributed by atoms with van der Waals surface area (Å²) in [7, 11) is 0. The van der Waals surface area contributed by atoms with Crippen molar-refractivity contribution in [3.63, 3.8) is 0 Å². The molecule has 0 fully saturated rings. The van der Waals surface area contributed by atoms with E-state index in [9.17, 15) is 8.78 Å². The number of halogens is 3. The van der Waals surface area contributed by atoms with Gasteiger partial charge >= 0.3 is 0 Å². The minimum atomic E-state index is -0.864. The van der Waals surface area contributed by atoms with Crippen molar-refractivity contribution in [1.29, 1.82) is 0 Å². The number of nitrogen functional groups attached to an aromatic ring is 1. The maximum absolute atomic E-state index is 14.0. The van der Waals surface area contributed by atoms with Crippen molar-refractivity contribution in [2.24, 2.45) is 0 Å². The van der Waals surface area contributed by atoms with Crippen LogP contribution in [0.3, 0.4) is 0 Å². The number of hydrogen-bond acceptors (Lipinski definition) is 4. The van der Waals surface area contributed by atoms with Gasteiger partial charge in [-0.1, -0.05) is 17.7 Å². The van der Waals surface area contributed by atoms with E-state index >= 15 is 0 Å². The highest BCUT2D eigenvalue weighted by atomic mass is 35.5. The van der Waals surface area contributed by atoms with E-state index in [-0.39, 0.29) is 22.2 Å². The van der Waals surface area contributed by atoms with Crippen LogP contribution in [-0.2, 0) is 0 Å². The van der Waals surface area contributed by atoms with E-state index < -0.39 is 17.7 Å². The lowest BCUT2D eigenvalue weighted by atomic mass is 10.1. The molecule has 0 bridgehead atoms. The lowest BCUT2D eigenvalue weighted by Crippen LogP contribution is -2.09. The zero-order chi connectivity index (χ0) is 18.0. The average molecular weight is 362 g/mol. The Hall–Kier alpha value is -2.73. The third-order valence-electron chi connectivity index (χ3n) is 3.67. The molecule has 0 saturated heterocycles. The predicted molar refractivity (Wildman–Crippen MR) is 92.3 cm³/mol. The number of pyridine rings is 2. The van der Waals surface area contributed by atoms with Crippen LogP contribution in [0.2, 0.25) is 5.02 Å². The monoisotopic (exact) mass is 361 g/mol. The molecule has 7 heteroatoms. The minimum absolute atomic E-state index is 0.0761. The molecule has 1 atom stereocenters. The van der Waals surface area contributed by atoms with E-state index in [0.29, 0.717) is 0 Å². The highest BCUT2D eigenvalue weighted by Crippen LogP contribution is 2.34. The largest absolute Gasteiger partial charge is 0.482 e. The number of ether oxygens (including phenoxy) is 1. The van der Waals surface area contributed by atoms with Gasteiger partial charge in [0.1, 0.15) is 17.7 Å². The molecule has 0 unspecified atom stereocenters. The Bertz CT molecular complexity index is 906. The third kappa shape index (κ3) is 3.53. The molecule has 0 spiro atoms. The van der Waals surface area contributed by atoms with Crippen molar-refractivity contribution in [2.45, 2.75) is 13.0 Å². The summed E-state index contributed by atoms with van der Waals surface area (Å²) in [5.74, 6) is -1.00. The fraction of sp³-hybridized carbons (Fsp3) is 0.111. The van der Waals surface area contributed by atoms with Crippen molar-refractivity contribution in [2.75, 3.05) is 5.73 Å². The summed E-state index contributed by atoms with van der Waals surface area (Å²) < 4.78 is 33.4. The van der Waals surface area contributed by atoms with E-state index in [4.69, 9.17) is 22.1 Å². The molecule has 1 aromatic carbocycles. The Morgan fingerprint density at radius 2 is 1.88 bits per heavy atom. The van der Waals surface area contributed by atoms with Crippen molar-refractivity contribution >= 4 is 17.4 Å². The van der Waals surface area contributed by atoms with Crippen LogP contribution in [0.5, 0.6) is 5.75 Å². The van der Waals surface area contributed by atoms with Gasteiger partial charge in [0.2, 0.25) is 0 Å². The van der Waals surface area contributed by atoms with Gasteiger partial charge in [0.25, 0.3) is 0 Å². The Morgan fingerprint density at radius 3 is 2.60 bits per heavy atom. The standard InChI is InChI=1S/C18H14ClF2N3O/c1-10(16-13(20)4-5-14(21)17(16)19)25-15-7-12(9-24-18(15)22)11-3-2-6-23-8-11/h2-10H,1H3,(H2,22,24)/t10-/m1/s1. The number of hydrogen-bond donors (Lipinski definition) is 1. The molecule has 3 rings (SSSR count). The van der Waals surface area contributed by atoms with Gasteiger partial charge in [0.15, 0.2) is 11.6 Å². The summed E-state index contributed by atoms with van der Waals surface area (Å²) in [6.45, 7) is 1.56. The van der Waals surface area contributed by atoms with Crippen LogP contribution < -0.4 is 10.5 Å². The van der Waals surface area contributed by atoms with Gasteiger partial charge in [0, 0.05) is 35.3 Å². The molecule has 0 saturated carbocycles. The molecule has 0 aliphatic rings. The number of benzene rings is 1. The summed E-state index contributed by atoms with van der Waals surface area (Å²) >= 11 is 5.88. The SMILES string of the molecule is C[C@@H](Oc1cc(-c2cccnc2)cnc1N)c1c(F)ccc(F)c1Cl. The molecule has 0 amide bonds. The van der Waals surface area contributed by atoms with Gasteiger partial charge in [0.05, 0.1) is 5.02 Å². The highest BCUT2D eigenvalue weighted by Gasteiger charge is 2.21. The van der Waals surface area contributed by atoms with Gasteiger partial charge in [-0.3, -0.25) is 4.98 Å². The van der Waals surface area contributed by atoms with E-state index in [1.165, 1.54) is 0 Å². The van der Waals surface area contributed by atoms with Crippen LogP contribution in [0.1, 0.15) is 18.6 Å². The molecule has 25 heavy (non-hydrogen) atoms. The van der Waals surface area contributed by atoms with E-state index in [1.54, 1.807) is 37.6 Å². The fourth-order valence-electron chi connectivity index (χ4n) is 2.41. The predicted octanol–water partition coefficient (Wildman–Crippen LogP) is 4.80. The van der Waals surface area contributed by atoms with Gasteiger partial charge in [-0.05, 0) is 31.2 Å². The third-order valence-corrected chi connectivity index (χ3v) is 4.05. The number of aromatic nitrogens is 2. The number of nitrogens with zero attached hydrogens (tertiary/aromatic N) is 2. The van der Waals surface area contributed by atoms with Crippen molar-refractivity contribution in [3.05, 3.63) is 71.1 Å². The smallest absolute Gasteiger partial charge is 0.166 e. The number of nitrogens with two attached hydrogens (primary N) is 1. The zero-order valence-electron chi connectivity index (χ0n) is 13.2. The summed E-state index contributed by atoms with van der Waals surface area (Å²) in [6, 6.07) is 7.28. The Labute approximate surface area is 148 Å². The summed E-state index contributed by atoms with van der Waals surface area (Å²) in [6.07, 6.45) is 4.04. The minimum Gasteiger partial charge on any atom is -0.482 e. The zero-order valence-corrected chi connectivity index (χ0v) is 14.0. The molecule has 128 valence electrons. The fourth-order valence-corrected chi connectivity index (χ4v) is 2.71. The van der Waals surface area contributed by atoms with Crippen LogP contribution in [-0.4, -0.2) is 9.97 Å². The van der Waals surface area contributed by atoms with Gasteiger partial charge in [-0.25, -0.2) is 13.8 Å². The quantitative estimate of drug-likeness (QED) is 0.678. The van der Waals surface area contributed by atoms with E-state index in [0.717, 1.165) is 23.3 Å². The van der Waals surface area contributed by atoms with Crippen molar-refractivity contribution in [1.82, 2.24) is 9.97 Å². The van der Waals surface area contributed by atoms with Gasteiger partial charge in [-0.15, -0.1) is 0 Å². The normalized spacial score (nSPS) is 12.0. The second kappa shape index (κ2) is 7.03. The van der Waals surface area contributed by atoms with Crippen LogP contribution in [0.25, 0.3) is 11.1 Å². The average Bonchev–Trinajstić information content (AvgIpc) is 2.61. The first-order valence-corrected chi connectivity index (χ1v) is 7.81. The molecule has 0 aliphatic heterocycles. The molecule has 4 nitrogen and oxygen atoms in total. The molecule has 3 aromatic rings. The maximum Gasteiger partial charge on any atom is 0.166 e. The van der Waals surface area contributed by atoms with Crippen molar-refractivity contribution in [3.8, 4) is 16.9 Å². The molecule has 2 N–H and O–H groups in total. The van der Waals surface area contributed by atoms with E-state index in [2.05, 4.69) is 9.97 Å². The first kappa shape index (κ1) is 17.1. The van der Waals surface area contributed by atoms with Crippen LogP contribution in [0, 0.1) is 11.6 Å². The lowest BCUT2D eigenvalue weighted by molar-refractivity contribution is 0.221. The number of rotatable bonds is 4. The lowest BCUT2D eigenvalue weighted by Gasteiger charge is -2.18. The topological polar surface area (TPSA) is 61.0 Å². The van der Waals surface area contributed by atoms with Crippen LogP contribution >= 0.6 is 11.6 Å². The Morgan fingerprint density at radius 1 is 1.12 bits per heavy atom. The summed E-state index contributed by atoms with van der Waals surface area (Å²) in [4.78, 5) is 8.13. The summed E-state index contributed by atoms with van der Waals surface area (Å²) in [5, 5.41) is -0.317. The first-order valence-electron chi connectivity index (χ1n) is 7.43. The van der Waals surface area contributed by atoms with Crippen molar-refractivity contribution < 1.29 is 13.5 Å². The highest BCUT2D eigenvalue weighted by molar-refractivity contribution is 6.31. The second-order valence-electron chi connectivity index (χ2n) is 5.37. The Balaban J connectivity index is 1.94. The number of anilines is 1. The van der Waals surface area contributed by atoms with Crippen LogP contribution in [0.15, 0.2) is 48.9 Å². The summed E-state index contributed by atoms with van der Waals surface area (Å²) in [5.41, 5.74) is 7.32. The van der Waals surface area contributed by atoms with Gasteiger partial charge in [-0.2, -0.15) is 0 Å². The van der Waals surface area contributed by atoms with Crippen LogP contribution in [0.4, 0.5) is 14.6 Å². The maximum atomic E-state index is 14.0. The molecule has 2 aromatic heterocycles. The molecule has 0 aliphatic carbocycles. The molecular formula is C18H14ClF2N3O.